The minimum Gasteiger partial charge on any atom is -0.480 e. The van der Waals surface area contributed by atoms with Gasteiger partial charge in [0.2, 0.25) is 0 Å². The number of carbonyl (C=O) groups is 2. The van der Waals surface area contributed by atoms with Gasteiger partial charge in [0.25, 0.3) is 0 Å². The van der Waals surface area contributed by atoms with Crippen molar-refractivity contribution in [3.63, 3.8) is 0 Å². The summed E-state index contributed by atoms with van der Waals surface area (Å²) in [6.07, 6.45) is 17.3. The van der Waals surface area contributed by atoms with Crippen molar-refractivity contribution in [1.82, 2.24) is 15.1 Å². The number of nitrogens with one attached hydrogen (secondary N) is 1. The number of benzene rings is 2. The zero-order valence-corrected chi connectivity index (χ0v) is 30.5. The molecule has 1 amide bonds. The minimum absolute atomic E-state index is 0.0530. The lowest BCUT2D eigenvalue weighted by molar-refractivity contribution is -0.145. The fourth-order valence-corrected chi connectivity index (χ4v) is 6.78. The molecule has 0 radical (unpaired) electrons. The minimum atomic E-state index is -0.688. The number of amides is 1. The summed E-state index contributed by atoms with van der Waals surface area (Å²) in [6.45, 7) is 10.6. The van der Waals surface area contributed by atoms with E-state index in [1.807, 2.05) is 18.2 Å². The fraction of sp³-hybridized carbons (Fsp3) is 0.610. The first-order chi connectivity index (χ1) is 23.7. The largest absolute Gasteiger partial charge is 0.480 e. The van der Waals surface area contributed by atoms with Crippen molar-refractivity contribution in [3.05, 3.63) is 77.1 Å². The zero-order chi connectivity index (χ0) is 35.4. The first kappa shape index (κ1) is 40.2. The van der Waals surface area contributed by atoms with Crippen molar-refractivity contribution in [3.8, 4) is 0 Å². The Hall–Kier alpha value is -3.23. The van der Waals surface area contributed by atoms with E-state index in [1.54, 1.807) is 12.1 Å². The maximum absolute atomic E-state index is 13.4. The van der Waals surface area contributed by atoms with Crippen LogP contribution in [0.25, 0.3) is 6.08 Å². The number of carboxylic acids is 1. The van der Waals surface area contributed by atoms with Gasteiger partial charge in [-0.15, -0.1) is 0 Å². The third-order valence-corrected chi connectivity index (χ3v) is 9.90. The number of ether oxygens (including phenoxy) is 1. The van der Waals surface area contributed by atoms with Crippen LogP contribution in [0.3, 0.4) is 0 Å². The van der Waals surface area contributed by atoms with Gasteiger partial charge in [-0.1, -0.05) is 108 Å². The first-order valence-electron chi connectivity index (χ1n) is 18.8. The second kappa shape index (κ2) is 22.5. The number of nitrogens with zero attached hydrogens (tertiary/aromatic N) is 2. The van der Waals surface area contributed by atoms with Gasteiger partial charge in [-0.2, -0.15) is 0 Å². The molecule has 2 saturated heterocycles. The summed E-state index contributed by atoms with van der Waals surface area (Å²) < 4.78 is 18.9. The molecular weight excluding hydrogens is 617 g/mol. The smallest absolute Gasteiger partial charge is 0.407 e. The molecule has 0 bridgehead atoms. The Bertz CT molecular complexity index is 1250. The second-order valence-electron chi connectivity index (χ2n) is 13.9. The van der Waals surface area contributed by atoms with Crippen molar-refractivity contribution in [1.29, 1.82) is 0 Å². The van der Waals surface area contributed by atoms with E-state index >= 15 is 0 Å². The molecule has 7 nitrogen and oxygen atoms in total. The summed E-state index contributed by atoms with van der Waals surface area (Å²) >= 11 is 0. The number of piperidine rings is 1. The molecule has 2 N–H and O–H groups in total. The number of hydrogen-bond donors (Lipinski definition) is 2. The SMILES string of the molecule is CCCC.CCCC=Cc1ccc(CNC(=O)OC2CCN(C)CC2)cc1.O=C(O)C(C1CCCCC1)N1CCC(c2cccc(F)c2)C1. The molecule has 2 unspecified atom stereocenters. The van der Waals surface area contributed by atoms with Gasteiger partial charge < -0.3 is 20.1 Å². The number of likely N-dealkylation sites (tertiary alicyclic amines) is 2. The number of hydrogen-bond acceptors (Lipinski definition) is 5. The quantitative estimate of drug-likeness (QED) is 0.246. The molecule has 2 aromatic carbocycles. The molecule has 2 aliphatic heterocycles. The van der Waals surface area contributed by atoms with Gasteiger partial charge in [0.1, 0.15) is 18.0 Å². The normalized spacial score (nSPS) is 19.7. The van der Waals surface area contributed by atoms with Crippen LogP contribution >= 0.6 is 0 Å². The number of rotatable bonds is 11. The Balaban J connectivity index is 0.000000240. The van der Waals surface area contributed by atoms with E-state index in [9.17, 15) is 19.1 Å². The lowest BCUT2D eigenvalue weighted by atomic mass is 9.83. The van der Waals surface area contributed by atoms with Crippen LogP contribution < -0.4 is 5.32 Å². The van der Waals surface area contributed by atoms with Crippen molar-refractivity contribution in [2.24, 2.45) is 5.92 Å². The van der Waals surface area contributed by atoms with Crippen molar-refractivity contribution >= 4 is 18.1 Å². The Kier molecular flexibility index (Phi) is 18.4. The highest BCUT2D eigenvalue weighted by Gasteiger charge is 2.38. The summed E-state index contributed by atoms with van der Waals surface area (Å²) in [7, 11) is 2.09. The van der Waals surface area contributed by atoms with E-state index in [0.717, 1.165) is 95.1 Å². The van der Waals surface area contributed by atoms with Gasteiger partial charge in [0.05, 0.1) is 0 Å². The van der Waals surface area contributed by atoms with Gasteiger partial charge in [-0.05, 0) is 92.8 Å². The monoisotopic (exact) mass is 679 g/mol. The number of carboxylic acid groups (broad SMARTS) is 1. The molecule has 3 aliphatic rings. The summed E-state index contributed by atoms with van der Waals surface area (Å²) in [6, 6.07) is 14.6. The van der Waals surface area contributed by atoms with Crippen LogP contribution in [0.5, 0.6) is 0 Å². The lowest BCUT2D eigenvalue weighted by Crippen LogP contribution is -2.45. The molecule has 49 heavy (non-hydrogen) atoms. The predicted molar refractivity (Wildman–Crippen MR) is 198 cm³/mol. The van der Waals surface area contributed by atoms with Crippen molar-refractivity contribution in [2.75, 3.05) is 33.2 Å². The van der Waals surface area contributed by atoms with Gasteiger partial charge in [-0.25, -0.2) is 9.18 Å². The van der Waals surface area contributed by atoms with Crippen molar-refractivity contribution in [2.45, 2.75) is 122 Å². The second-order valence-corrected chi connectivity index (χ2v) is 13.9. The topological polar surface area (TPSA) is 82.1 Å². The average molecular weight is 680 g/mol. The molecular formula is C41H62FN3O4. The summed E-state index contributed by atoms with van der Waals surface area (Å²) in [5, 5.41) is 12.5. The number of halogens is 1. The van der Waals surface area contributed by atoms with Crippen LogP contribution in [0.15, 0.2) is 54.6 Å². The summed E-state index contributed by atoms with van der Waals surface area (Å²) in [5.41, 5.74) is 3.27. The Labute approximate surface area is 295 Å². The Morgan fingerprint density at radius 2 is 1.63 bits per heavy atom. The third kappa shape index (κ3) is 14.6. The number of carbonyl (C=O) groups excluding carboxylic acids is 1. The number of unbranched alkanes of at least 4 members (excludes halogenated alkanes) is 2. The third-order valence-electron chi connectivity index (χ3n) is 9.90. The molecule has 272 valence electrons. The average Bonchev–Trinajstić information content (AvgIpc) is 3.59. The molecule has 2 heterocycles. The maximum Gasteiger partial charge on any atom is 0.407 e. The molecule has 8 heteroatoms. The molecule has 2 atom stereocenters. The van der Waals surface area contributed by atoms with E-state index in [0.29, 0.717) is 6.54 Å². The van der Waals surface area contributed by atoms with E-state index in [-0.39, 0.29) is 35.9 Å². The summed E-state index contributed by atoms with van der Waals surface area (Å²) in [4.78, 5) is 28.0. The van der Waals surface area contributed by atoms with Gasteiger partial charge in [-0.3, -0.25) is 9.69 Å². The standard InChI is InChI=1S/C19H28N2O2.C18H24FNO2.C4H10/c1-3-4-5-6-16-7-9-17(10-8-16)15-20-19(22)23-18-11-13-21(2)14-12-18;19-16-8-4-7-14(11-16)15-9-10-20(12-15)17(18(21)22)13-5-2-1-3-6-13;1-3-4-2/h5-10,18H,3-4,11-15H2,1-2H3,(H,20,22);4,7-8,11,13,15,17H,1-3,5-6,9-10,12H2,(H,21,22);3-4H2,1-2H3. The van der Waals surface area contributed by atoms with Crippen LogP contribution in [-0.4, -0.2) is 72.3 Å². The fourth-order valence-electron chi connectivity index (χ4n) is 6.78. The van der Waals surface area contributed by atoms with Gasteiger partial charge >= 0.3 is 12.1 Å². The van der Waals surface area contributed by atoms with Crippen LogP contribution in [0.2, 0.25) is 0 Å². The highest BCUT2D eigenvalue weighted by Crippen LogP contribution is 2.35. The van der Waals surface area contributed by atoms with Crippen LogP contribution in [0.4, 0.5) is 9.18 Å². The highest BCUT2D eigenvalue weighted by atomic mass is 19.1. The van der Waals surface area contributed by atoms with Crippen LogP contribution in [-0.2, 0) is 16.1 Å². The predicted octanol–water partition coefficient (Wildman–Crippen LogP) is 9.28. The van der Waals surface area contributed by atoms with Gasteiger partial charge in [0, 0.05) is 26.2 Å². The number of allylic oxidation sites excluding steroid dienone is 1. The maximum atomic E-state index is 13.4. The van der Waals surface area contributed by atoms with E-state index < -0.39 is 5.97 Å². The van der Waals surface area contributed by atoms with Crippen LogP contribution in [0, 0.1) is 11.7 Å². The lowest BCUT2D eigenvalue weighted by Gasteiger charge is -2.33. The van der Waals surface area contributed by atoms with E-state index in [1.165, 1.54) is 30.9 Å². The number of alkyl carbamates (subject to hydrolysis) is 1. The highest BCUT2D eigenvalue weighted by molar-refractivity contribution is 5.74. The Morgan fingerprint density at radius 1 is 0.939 bits per heavy atom. The summed E-state index contributed by atoms with van der Waals surface area (Å²) in [5.74, 6) is -0.372. The first-order valence-corrected chi connectivity index (χ1v) is 18.8. The molecule has 3 fully saturated rings. The molecule has 0 spiro atoms. The molecule has 1 aliphatic carbocycles. The van der Waals surface area contributed by atoms with Crippen molar-refractivity contribution < 1.29 is 23.8 Å². The Morgan fingerprint density at radius 3 is 2.24 bits per heavy atom. The van der Waals surface area contributed by atoms with E-state index in [4.69, 9.17) is 4.74 Å². The molecule has 0 aromatic heterocycles. The molecule has 5 rings (SSSR count). The number of aliphatic carboxylic acids is 1. The van der Waals surface area contributed by atoms with E-state index in [2.05, 4.69) is 67.2 Å². The van der Waals surface area contributed by atoms with Crippen LogP contribution in [0.1, 0.15) is 120 Å². The van der Waals surface area contributed by atoms with Gasteiger partial charge in [0.15, 0.2) is 0 Å². The zero-order valence-electron chi connectivity index (χ0n) is 30.5. The molecule has 2 aromatic rings. The molecule has 1 saturated carbocycles.